The minimum absolute atomic E-state index is 0.0658. The van der Waals surface area contributed by atoms with Crippen LogP contribution in [0, 0.1) is 0 Å². The molecule has 8 nitrogen and oxygen atoms in total. The third kappa shape index (κ3) is 4.45. The van der Waals surface area contributed by atoms with Gasteiger partial charge in [-0.3, -0.25) is 14.2 Å². The number of nitrogens with one attached hydrogen (secondary N) is 2. The van der Waals surface area contributed by atoms with Gasteiger partial charge in [-0.1, -0.05) is 36.0 Å². The number of amides is 1. The molecule has 3 aromatic carbocycles. The summed E-state index contributed by atoms with van der Waals surface area (Å²) in [6.07, 6.45) is 0. The number of carbonyl (C=O) groups is 1. The van der Waals surface area contributed by atoms with Crippen LogP contribution in [0.5, 0.6) is 11.5 Å². The second-order valence-corrected chi connectivity index (χ2v) is 8.64. The number of fused-ring (bicyclic) bond motifs is 3. The molecule has 0 aliphatic carbocycles. The Labute approximate surface area is 204 Å². The summed E-state index contributed by atoms with van der Waals surface area (Å²) in [5.74, 6) is 1.16. The Morgan fingerprint density at radius 1 is 1.00 bits per heavy atom. The van der Waals surface area contributed by atoms with Crippen LogP contribution in [0.2, 0.25) is 0 Å². The minimum Gasteiger partial charge on any atom is -0.497 e. The van der Waals surface area contributed by atoms with Crippen molar-refractivity contribution < 1.29 is 14.3 Å². The Bertz CT molecular complexity index is 1590. The van der Waals surface area contributed by atoms with Crippen molar-refractivity contribution in [1.82, 2.24) is 14.5 Å². The third-order valence-corrected chi connectivity index (χ3v) is 6.45. The standard InChI is InChI=1S/C26H22N4O4S/c1-33-18-12-10-16(11-13-18)27-22(31)15-35-26-29-23-20-8-3-4-9-21(20)28-24(23)25(32)30(26)17-6-5-7-19(14-17)34-2/h3-14,28H,15H2,1-2H3,(H,27,31). The van der Waals surface area contributed by atoms with Crippen molar-refractivity contribution in [3.63, 3.8) is 0 Å². The van der Waals surface area contributed by atoms with E-state index in [1.807, 2.05) is 30.3 Å². The van der Waals surface area contributed by atoms with Crippen molar-refractivity contribution in [1.29, 1.82) is 0 Å². The molecule has 5 aromatic rings. The maximum atomic E-state index is 13.6. The minimum atomic E-state index is -0.252. The number of methoxy groups -OCH3 is 2. The van der Waals surface area contributed by atoms with Crippen LogP contribution in [0.4, 0.5) is 5.69 Å². The van der Waals surface area contributed by atoms with Crippen LogP contribution in [0.15, 0.2) is 82.7 Å². The van der Waals surface area contributed by atoms with E-state index in [4.69, 9.17) is 14.5 Å². The summed E-state index contributed by atoms with van der Waals surface area (Å²) in [7, 11) is 3.16. The van der Waals surface area contributed by atoms with Gasteiger partial charge in [0.25, 0.3) is 5.56 Å². The fourth-order valence-electron chi connectivity index (χ4n) is 3.82. The van der Waals surface area contributed by atoms with Crippen LogP contribution in [0.1, 0.15) is 0 Å². The van der Waals surface area contributed by atoms with E-state index in [0.29, 0.717) is 39.1 Å². The van der Waals surface area contributed by atoms with E-state index in [1.165, 1.54) is 16.3 Å². The largest absolute Gasteiger partial charge is 0.497 e. The maximum Gasteiger partial charge on any atom is 0.283 e. The second kappa shape index (κ2) is 9.55. The topological polar surface area (TPSA) is 98.2 Å². The Hall–Kier alpha value is -4.24. The molecule has 9 heteroatoms. The van der Waals surface area contributed by atoms with E-state index < -0.39 is 0 Å². The molecule has 176 valence electrons. The summed E-state index contributed by atoms with van der Waals surface area (Å²) < 4.78 is 12.0. The van der Waals surface area contributed by atoms with Gasteiger partial charge in [0.2, 0.25) is 5.91 Å². The Morgan fingerprint density at radius 2 is 1.77 bits per heavy atom. The molecule has 35 heavy (non-hydrogen) atoms. The third-order valence-electron chi connectivity index (χ3n) is 5.51. The highest BCUT2D eigenvalue weighted by atomic mass is 32.2. The highest BCUT2D eigenvalue weighted by Crippen LogP contribution is 2.27. The highest BCUT2D eigenvalue weighted by molar-refractivity contribution is 7.99. The summed E-state index contributed by atoms with van der Waals surface area (Å²) in [4.78, 5) is 34.3. The fourth-order valence-corrected chi connectivity index (χ4v) is 4.62. The lowest BCUT2D eigenvalue weighted by atomic mass is 10.2. The van der Waals surface area contributed by atoms with Crippen LogP contribution >= 0.6 is 11.8 Å². The van der Waals surface area contributed by atoms with Gasteiger partial charge in [0, 0.05) is 22.7 Å². The molecule has 5 rings (SSSR count). The van der Waals surface area contributed by atoms with Gasteiger partial charge in [0.1, 0.15) is 22.5 Å². The molecule has 0 bridgehead atoms. The van der Waals surface area contributed by atoms with E-state index in [0.717, 1.165) is 10.9 Å². The van der Waals surface area contributed by atoms with E-state index >= 15 is 0 Å². The van der Waals surface area contributed by atoms with E-state index in [-0.39, 0.29) is 17.2 Å². The predicted octanol–water partition coefficient (Wildman–Crippen LogP) is 4.62. The summed E-state index contributed by atoms with van der Waals surface area (Å²) in [6, 6.07) is 21.9. The van der Waals surface area contributed by atoms with Crippen molar-refractivity contribution in [3.8, 4) is 17.2 Å². The van der Waals surface area contributed by atoms with Crippen LogP contribution < -0.4 is 20.3 Å². The van der Waals surface area contributed by atoms with E-state index in [1.54, 1.807) is 56.7 Å². The fraction of sp³-hybridized carbons (Fsp3) is 0.115. The van der Waals surface area contributed by atoms with Crippen molar-refractivity contribution in [2.24, 2.45) is 0 Å². The van der Waals surface area contributed by atoms with Crippen LogP contribution in [0.3, 0.4) is 0 Å². The molecular formula is C26H22N4O4S. The molecule has 2 heterocycles. The van der Waals surface area contributed by atoms with E-state index in [9.17, 15) is 9.59 Å². The SMILES string of the molecule is COc1ccc(NC(=O)CSc2nc3c([nH]c4ccccc43)c(=O)n2-c2cccc(OC)c2)cc1. The quantitative estimate of drug-likeness (QED) is 0.257. The number of rotatable bonds is 7. The lowest BCUT2D eigenvalue weighted by molar-refractivity contribution is -0.113. The lowest BCUT2D eigenvalue weighted by Gasteiger charge is -2.13. The molecule has 0 aliphatic heterocycles. The number of hydrogen-bond acceptors (Lipinski definition) is 6. The number of H-pyrrole nitrogens is 1. The average Bonchev–Trinajstić information content (AvgIpc) is 3.27. The first-order valence-electron chi connectivity index (χ1n) is 10.8. The molecule has 0 spiro atoms. The molecule has 0 saturated carbocycles. The summed E-state index contributed by atoms with van der Waals surface area (Å²) in [5, 5.41) is 4.12. The van der Waals surface area contributed by atoms with Gasteiger partial charge in [0.05, 0.1) is 25.7 Å². The van der Waals surface area contributed by atoms with Crippen molar-refractivity contribution in [2.45, 2.75) is 5.16 Å². The number of aromatic nitrogens is 3. The van der Waals surface area contributed by atoms with Crippen molar-refractivity contribution in [3.05, 3.63) is 83.2 Å². The van der Waals surface area contributed by atoms with Gasteiger partial charge in [-0.2, -0.15) is 0 Å². The normalized spacial score (nSPS) is 11.0. The highest BCUT2D eigenvalue weighted by Gasteiger charge is 2.18. The number of hydrogen-bond donors (Lipinski definition) is 2. The molecular weight excluding hydrogens is 464 g/mol. The molecule has 1 amide bonds. The molecule has 0 radical (unpaired) electrons. The first kappa shape index (κ1) is 22.5. The van der Waals surface area contributed by atoms with Gasteiger partial charge >= 0.3 is 0 Å². The number of ether oxygens (including phenoxy) is 2. The van der Waals surface area contributed by atoms with Gasteiger partial charge in [-0.25, -0.2) is 4.98 Å². The first-order valence-corrected chi connectivity index (χ1v) is 11.8. The first-order chi connectivity index (χ1) is 17.1. The number of thioether (sulfide) groups is 1. The lowest BCUT2D eigenvalue weighted by Crippen LogP contribution is -2.23. The number of para-hydroxylation sites is 1. The van der Waals surface area contributed by atoms with Gasteiger partial charge in [-0.05, 0) is 42.5 Å². The van der Waals surface area contributed by atoms with Crippen molar-refractivity contribution >= 4 is 45.3 Å². The molecule has 0 aliphatic rings. The number of nitrogens with zero attached hydrogens (tertiary/aromatic N) is 2. The number of carbonyl (C=O) groups excluding carboxylic acids is 1. The Balaban J connectivity index is 1.53. The van der Waals surface area contributed by atoms with Gasteiger partial charge in [0.15, 0.2) is 5.16 Å². The zero-order chi connectivity index (χ0) is 24.4. The smallest absolute Gasteiger partial charge is 0.283 e. The Kier molecular flexibility index (Phi) is 6.15. The zero-order valence-electron chi connectivity index (χ0n) is 19.1. The van der Waals surface area contributed by atoms with Crippen LogP contribution in [0.25, 0.3) is 27.6 Å². The molecule has 0 unspecified atom stereocenters. The summed E-state index contributed by atoms with van der Waals surface area (Å²) in [6.45, 7) is 0. The monoisotopic (exact) mass is 486 g/mol. The second-order valence-electron chi connectivity index (χ2n) is 7.70. The molecule has 0 atom stereocenters. The predicted molar refractivity (Wildman–Crippen MR) is 138 cm³/mol. The molecule has 0 saturated heterocycles. The van der Waals surface area contributed by atoms with Crippen molar-refractivity contribution in [2.75, 3.05) is 25.3 Å². The van der Waals surface area contributed by atoms with Crippen LogP contribution in [-0.4, -0.2) is 40.4 Å². The zero-order valence-corrected chi connectivity index (χ0v) is 19.9. The van der Waals surface area contributed by atoms with Gasteiger partial charge < -0.3 is 19.8 Å². The number of anilines is 1. The van der Waals surface area contributed by atoms with E-state index in [2.05, 4.69) is 10.3 Å². The molecule has 2 N–H and O–H groups in total. The summed E-state index contributed by atoms with van der Waals surface area (Å²) in [5.41, 5.74) is 2.80. The average molecular weight is 487 g/mol. The van der Waals surface area contributed by atoms with Crippen LogP contribution in [-0.2, 0) is 4.79 Å². The summed E-state index contributed by atoms with van der Waals surface area (Å²) >= 11 is 1.19. The number of benzene rings is 3. The Morgan fingerprint density at radius 3 is 2.54 bits per heavy atom. The maximum absolute atomic E-state index is 13.6. The molecule has 0 fully saturated rings. The van der Waals surface area contributed by atoms with Gasteiger partial charge in [-0.15, -0.1) is 0 Å². The number of aromatic amines is 1. The molecule has 2 aromatic heterocycles.